The fourth-order valence-corrected chi connectivity index (χ4v) is 5.01. The molecule has 7 nitrogen and oxygen atoms in total. The number of hydrogen-bond acceptors (Lipinski definition) is 6. The van der Waals surface area contributed by atoms with Crippen LogP contribution in [0.1, 0.15) is 11.5 Å². The van der Waals surface area contributed by atoms with Crippen LogP contribution in [-0.2, 0) is 16.6 Å². The largest absolute Gasteiger partial charge is 0.497 e. The lowest BCUT2D eigenvalue weighted by Gasteiger charge is -2.24. The zero-order chi connectivity index (χ0) is 24.3. The van der Waals surface area contributed by atoms with E-state index in [4.69, 9.17) is 25.5 Å². The van der Waals surface area contributed by atoms with E-state index < -0.39 is 10.0 Å². The fraction of sp³-hybridized carbons (Fsp3) is 0.160. The fourth-order valence-electron chi connectivity index (χ4n) is 3.39. The van der Waals surface area contributed by atoms with Crippen molar-refractivity contribution in [3.8, 4) is 23.0 Å². The molecule has 1 aromatic heterocycles. The van der Waals surface area contributed by atoms with E-state index in [2.05, 4.69) is 4.98 Å². The molecule has 0 aliphatic rings. The standard InChI is InChI=1S/C25H23ClN2O5S/c1-17-24(27-25(33-17)18-5-4-6-19(26)15-18)16-28(20-7-9-21(31-2)10-8-20)34(29,30)23-13-11-22(32-3)12-14-23/h4-15H,16H2,1-3H3. The Balaban J connectivity index is 1.75. The van der Waals surface area contributed by atoms with Gasteiger partial charge in [-0.15, -0.1) is 0 Å². The molecule has 0 aliphatic carbocycles. The summed E-state index contributed by atoms with van der Waals surface area (Å²) >= 11 is 6.10. The summed E-state index contributed by atoms with van der Waals surface area (Å²) in [5, 5.41) is 0.553. The minimum absolute atomic E-state index is 0.0312. The molecule has 0 N–H and O–H groups in total. The topological polar surface area (TPSA) is 81.9 Å². The summed E-state index contributed by atoms with van der Waals surface area (Å²) in [5.41, 5.74) is 1.65. The highest BCUT2D eigenvalue weighted by Gasteiger charge is 2.28. The lowest BCUT2D eigenvalue weighted by molar-refractivity contribution is 0.414. The minimum Gasteiger partial charge on any atom is -0.497 e. The lowest BCUT2D eigenvalue weighted by atomic mass is 10.2. The lowest BCUT2D eigenvalue weighted by Crippen LogP contribution is -2.31. The number of halogens is 1. The maximum absolute atomic E-state index is 13.7. The highest BCUT2D eigenvalue weighted by molar-refractivity contribution is 7.92. The molecule has 4 rings (SSSR count). The summed E-state index contributed by atoms with van der Waals surface area (Å²) < 4.78 is 44.9. The predicted molar refractivity (Wildman–Crippen MR) is 131 cm³/mol. The molecular formula is C25H23ClN2O5S. The maximum Gasteiger partial charge on any atom is 0.264 e. The van der Waals surface area contributed by atoms with Crippen LogP contribution in [0.4, 0.5) is 5.69 Å². The Hall–Kier alpha value is -3.49. The van der Waals surface area contributed by atoms with E-state index in [-0.39, 0.29) is 11.4 Å². The van der Waals surface area contributed by atoms with Crippen molar-refractivity contribution in [1.82, 2.24) is 4.98 Å². The highest BCUT2D eigenvalue weighted by Crippen LogP contribution is 2.31. The van der Waals surface area contributed by atoms with Crippen LogP contribution in [0, 0.1) is 6.92 Å². The molecule has 9 heteroatoms. The van der Waals surface area contributed by atoms with Crippen molar-refractivity contribution in [2.24, 2.45) is 0 Å². The summed E-state index contributed by atoms with van der Waals surface area (Å²) in [6.45, 7) is 1.72. The Morgan fingerprint density at radius 2 is 1.56 bits per heavy atom. The van der Waals surface area contributed by atoms with Gasteiger partial charge in [0.05, 0.1) is 31.3 Å². The van der Waals surface area contributed by atoms with Crippen LogP contribution >= 0.6 is 11.6 Å². The first-order valence-corrected chi connectivity index (χ1v) is 12.2. The number of ether oxygens (including phenoxy) is 2. The van der Waals surface area contributed by atoms with Crippen LogP contribution in [0.15, 0.2) is 82.1 Å². The number of hydrogen-bond donors (Lipinski definition) is 0. The number of aromatic nitrogens is 1. The van der Waals surface area contributed by atoms with Crippen molar-refractivity contribution < 1.29 is 22.3 Å². The number of nitrogens with zero attached hydrogens (tertiary/aromatic N) is 2. The van der Waals surface area contributed by atoms with E-state index in [1.54, 1.807) is 68.6 Å². The molecule has 3 aromatic carbocycles. The second-order valence-electron chi connectivity index (χ2n) is 7.42. The third-order valence-corrected chi connectivity index (χ3v) is 7.29. The molecule has 0 spiro atoms. The molecule has 0 saturated heterocycles. The second kappa shape index (κ2) is 9.79. The molecule has 0 amide bonds. The van der Waals surface area contributed by atoms with Crippen molar-refractivity contribution in [2.45, 2.75) is 18.4 Å². The zero-order valence-corrected chi connectivity index (χ0v) is 20.4. The molecule has 1 heterocycles. The summed E-state index contributed by atoms with van der Waals surface area (Å²) in [5.74, 6) is 2.06. The SMILES string of the molecule is COc1ccc(N(Cc2nc(-c3cccc(Cl)c3)oc2C)S(=O)(=O)c2ccc(OC)cc2)cc1. The van der Waals surface area contributed by atoms with Crippen molar-refractivity contribution in [1.29, 1.82) is 0 Å². The Labute approximate surface area is 203 Å². The van der Waals surface area contributed by atoms with E-state index in [9.17, 15) is 8.42 Å². The van der Waals surface area contributed by atoms with Gasteiger partial charge in [0.25, 0.3) is 10.0 Å². The van der Waals surface area contributed by atoms with Gasteiger partial charge in [0.2, 0.25) is 5.89 Å². The van der Waals surface area contributed by atoms with E-state index in [0.717, 1.165) is 0 Å². The maximum atomic E-state index is 13.7. The van der Waals surface area contributed by atoms with Crippen molar-refractivity contribution >= 4 is 27.3 Å². The smallest absolute Gasteiger partial charge is 0.264 e. The first kappa shape index (κ1) is 23.7. The van der Waals surface area contributed by atoms with Gasteiger partial charge in [0.15, 0.2) is 0 Å². The third-order valence-electron chi connectivity index (χ3n) is 5.27. The molecule has 0 aliphatic heterocycles. The van der Waals surface area contributed by atoms with Crippen LogP contribution in [0.3, 0.4) is 0 Å². The molecule has 0 fully saturated rings. The van der Waals surface area contributed by atoms with Gasteiger partial charge in [-0.05, 0) is 73.7 Å². The van der Waals surface area contributed by atoms with Crippen molar-refractivity contribution in [3.05, 3.63) is 89.3 Å². The molecule has 0 radical (unpaired) electrons. The minimum atomic E-state index is -3.94. The van der Waals surface area contributed by atoms with Gasteiger partial charge in [0.1, 0.15) is 23.0 Å². The molecule has 4 aromatic rings. The average Bonchev–Trinajstić information content (AvgIpc) is 3.23. The van der Waals surface area contributed by atoms with Gasteiger partial charge in [-0.25, -0.2) is 13.4 Å². The Kier molecular flexibility index (Phi) is 6.81. The van der Waals surface area contributed by atoms with Crippen molar-refractivity contribution in [2.75, 3.05) is 18.5 Å². The molecule has 176 valence electrons. The summed E-state index contributed by atoms with van der Waals surface area (Å²) in [7, 11) is -0.863. The Morgan fingerprint density at radius 3 is 2.15 bits per heavy atom. The van der Waals surface area contributed by atoms with Gasteiger partial charge < -0.3 is 13.9 Å². The van der Waals surface area contributed by atoms with Crippen LogP contribution in [-0.4, -0.2) is 27.6 Å². The Morgan fingerprint density at radius 1 is 0.941 bits per heavy atom. The number of benzene rings is 3. The Bertz CT molecular complexity index is 1380. The van der Waals surface area contributed by atoms with Gasteiger partial charge in [0, 0.05) is 10.6 Å². The average molecular weight is 499 g/mol. The number of aryl methyl sites for hydroxylation is 1. The molecule has 0 atom stereocenters. The van der Waals surface area contributed by atoms with E-state index in [0.29, 0.717) is 45.1 Å². The molecular weight excluding hydrogens is 476 g/mol. The number of rotatable bonds is 8. The number of methoxy groups -OCH3 is 2. The predicted octanol–water partition coefficient (Wildman–Crippen LogP) is 5.72. The van der Waals surface area contributed by atoms with E-state index >= 15 is 0 Å². The monoisotopic (exact) mass is 498 g/mol. The number of anilines is 1. The van der Waals surface area contributed by atoms with Crippen LogP contribution in [0.5, 0.6) is 11.5 Å². The quantitative estimate of drug-likeness (QED) is 0.309. The number of sulfonamides is 1. The summed E-state index contributed by atoms with van der Waals surface area (Å²) in [4.78, 5) is 4.70. The van der Waals surface area contributed by atoms with Crippen LogP contribution in [0.25, 0.3) is 11.5 Å². The van der Waals surface area contributed by atoms with E-state index in [1.165, 1.54) is 23.5 Å². The van der Waals surface area contributed by atoms with Gasteiger partial charge in [-0.3, -0.25) is 4.31 Å². The third kappa shape index (κ3) is 4.88. The molecule has 34 heavy (non-hydrogen) atoms. The van der Waals surface area contributed by atoms with Crippen molar-refractivity contribution in [3.63, 3.8) is 0 Å². The van der Waals surface area contributed by atoms with Crippen LogP contribution in [0.2, 0.25) is 5.02 Å². The summed E-state index contributed by atoms with van der Waals surface area (Å²) in [6.07, 6.45) is 0. The summed E-state index contributed by atoms with van der Waals surface area (Å²) in [6, 6.07) is 20.2. The van der Waals surface area contributed by atoms with Crippen LogP contribution < -0.4 is 13.8 Å². The van der Waals surface area contributed by atoms with Gasteiger partial charge in [-0.2, -0.15) is 0 Å². The first-order chi connectivity index (χ1) is 16.3. The normalized spacial score (nSPS) is 11.3. The van der Waals surface area contributed by atoms with Gasteiger partial charge >= 0.3 is 0 Å². The molecule has 0 unspecified atom stereocenters. The zero-order valence-electron chi connectivity index (χ0n) is 18.9. The second-order valence-corrected chi connectivity index (χ2v) is 9.72. The highest BCUT2D eigenvalue weighted by atomic mass is 35.5. The number of oxazole rings is 1. The molecule has 0 saturated carbocycles. The first-order valence-electron chi connectivity index (χ1n) is 10.3. The van der Waals surface area contributed by atoms with E-state index in [1.807, 2.05) is 6.07 Å². The molecule has 0 bridgehead atoms. The van der Waals surface area contributed by atoms with Gasteiger partial charge in [-0.1, -0.05) is 17.7 Å².